The van der Waals surface area contributed by atoms with Crippen LogP contribution in [-0.4, -0.2) is 33.0 Å². The van der Waals surface area contributed by atoms with Gasteiger partial charge in [0.1, 0.15) is 0 Å². The van der Waals surface area contributed by atoms with Crippen molar-refractivity contribution < 1.29 is 14.8 Å². The van der Waals surface area contributed by atoms with Crippen LogP contribution in [0.15, 0.2) is 33.1 Å². The van der Waals surface area contributed by atoms with Crippen LogP contribution in [0.1, 0.15) is 10.4 Å². The number of hydrogen-bond acceptors (Lipinski definition) is 7. The van der Waals surface area contributed by atoms with Gasteiger partial charge in [-0.2, -0.15) is 0 Å². The van der Waals surface area contributed by atoms with Crippen LogP contribution < -0.4 is 10.8 Å². The van der Waals surface area contributed by atoms with Crippen molar-refractivity contribution in [3.63, 3.8) is 0 Å². The van der Waals surface area contributed by atoms with E-state index in [4.69, 9.17) is 5.21 Å². The molecule has 0 fully saturated rings. The maximum absolute atomic E-state index is 12.1. The normalized spacial score (nSPS) is 10.2. The lowest BCUT2D eigenvalue weighted by atomic mass is 10.2. The summed E-state index contributed by atoms with van der Waals surface area (Å²) in [6, 6.07) is 7.02. The van der Waals surface area contributed by atoms with E-state index in [0.29, 0.717) is 19.5 Å². The van der Waals surface area contributed by atoms with Gasteiger partial charge in [-0.25, -0.2) is 5.48 Å². The Hall–Kier alpha value is -1.49. The number of rotatable bonds is 5. The number of nitrogens with one attached hydrogen (secondary N) is 2. The van der Waals surface area contributed by atoms with Crippen molar-refractivity contribution >= 4 is 56.0 Å². The van der Waals surface area contributed by atoms with Crippen molar-refractivity contribution in [1.29, 1.82) is 0 Å². The summed E-state index contributed by atoms with van der Waals surface area (Å²) in [5, 5.41) is 19.0. The molecular formula is C11H9BrN4O3S2. The second kappa shape index (κ2) is 7.50. The minimum Gasteiger partial charge on any atom is -0.296 e. The number of amides is 2. The molecule has 3 N–H and O–H groups in total. The molecular weight excluding hydrogens is 380 g/mol. The maximum Gasteiger partial charge on any atom is 0.258 e. The van der Waals surface area contributed by atoms with E-state index in [1.165, 1.54) is 5.48 Å². The molecule has 1 aromatic carbocycles. The average Bonchev–Trinajstić information content (AvgIpc) is 2.92. The van der Waals surface area contributed by atoms with Gasteiger partial charge in [-0.1, -0.05) is 35.2 Å². The number of hydrogen-bond donors (Lipinski definition) is 3. The van der Waals surface area contributed by atoms with Crippen molar-refractivity contribution in [3.8, 4) is 0 Å². The third-order valence-electron chi connectivity index (χ3n) is 2.20. The summed E-state index contributed by atoms with van der Waals surface area (Å²) in [6.07, 6.45) is 0. The molecule has 0 unspecified atom stereocenters. The zero-order valence-electron chi connectivity index (χ0n) is 10.4. The van der Waals surface area contributed by atoms with Crippen molar-refractivity contribution in [3.05, 3.63) is 34.3 Å². The molecule has 2 amide bonds. The highest BCUT2D eigenvalue weighted by molar-refractivity contribution is 9.10. The van der Waals surface area contributed by atoms with Crippen LogP contribution in [0.5, 0.6) is 0 Å². The van der Waals surface area contributed by atoms with Gasteiger partial charge in [0.2, 0.25) is 5.13 Å². The monoisotopic (exact) mass is 388 g/mol. The molecule has 0 spiro atoms. The molecule has 10 heteroatoms. The lowest BCUT2D eigenvalue weighted by Gasteiger charge is -2.02. The lowest BCUT2D eigenvalue weighted by Crippen LogP contribution is -2.20. The van der Waals surface area contributed by atoms with Crippen LogP contribution in [0.25, 0.3) is 0 Å². The van der Waals surface area contributed by atoms with Gasteiger partial charge >= 0.3 is 0 Å². The van der Waals surface area contributed by atoms with Crippen LogP contribution >= 0.6 is 39.0 Å². The highest BCUT2D eigenvalue weighted by atomic mass is 79.9. The molecule has 0 radical (unpaired) electrons. The summed E-state index contributed by atoms with van der Waals surface area (Å²) >= 11 is 5.56. The molecule has 0 saturated carbocycles. The summed E-state index contributed by atoms with van der Waals surface area (Å²) in [5.74, 6) is -0.819. The van der Waals surface area contributed by atoms with Gasteiger partial charge in [0.15, 0.2) is 4.34 Å². The van der Waals surface area contributed by atoms with Gasteiger partial charge < -0.3 is 0 Å². The number of anilines is 1. The third kappa shape index (κ3) is 4.49. The predicted molar refractivity (Wildman–Crippen MR) is 82.7 cm³/mol. The van der Waals surface area contributed by atoms with Gasteiger partial charge in [0.05, 0.1) is 11.3 Å². The van der Waals surface area contributed by atoms with E-state index in [2.05, 4.69) is 31.4 Å². The van der Waals surface area contributed by atoms with E-state index in [1.807, 2.05) is 6.07 Å². The molecule has 2 rings (SSSR count). The van der Waals surface area contributed by atoms with E-state index in [-0.39, 0.29) is 11.7 Å². The number of carbonyl (C=O) groups excluding carboxylic acids is 2. The largest absolute Gasteiger partial charge is 0.296 e. The van der Waals surface area contributed by atoms with Crippen molar-refractivity contribution in [2.45, 2.75) is 4.34 Å². The smallest absolute Gasteiger partial charge is 0.258 e. The summed E-state index contributed by atoms with van der Waals surface area (Å²) in [6.45, 7) is 0. The van der Waals surface area contributed by atoms with Crippen molar-refractivity contribution in [1.82, 2.24) is 15.7 Å². The first-order chi connectivity index (χ1) is 10.1. The quantitative estimate of drug-likeness (QED) is 0.313. The van der Waals surface area contributed by atoms with Gasteiger partial charge in [-0.15, -0.1) is 10.2 Å². The van der Waals surface area contributed by atoms with Crippen LogP contribution in [0.2, 0.25) is 0 Å². The number of hydroxylamine groups is 1. The number of thioether (sulfide) groups is 1. The van der Waals surface area contributed by atoms with Crippen molar-refractivity contribution in [2.24, 2.45) is 0 Å². The third-order valence-corrected chi connectivity index (χ3v) is 4.86. The lowest BCUT2D eigenvalue weighted by molar-refractivity contribution is -0.126. The van der Waals surface area contributed by atoms with Crippen LogP contribution in [-0.2, 0) is 4.79 Å². The Morgan fingerprint density at radius 1 is 1.33 bits per heavy atom. The van der Waals surface area contributed by atoms with E-state index in [0.717, 1.165) is 23.1 Å². The Labute approximate surface area is 136 Å². The minimum atomic E-state index is -0.533. The van der Waals surface area contributed by atoms with E-state index in [9.17, 15) is 9.59 Å². The minimum absolute atomic E-state index is 0.0172. The van der Waals surface area contributed by atoms with Gasteiger partial charge in [0, 0.05) is 4.47 Å². The molecule has 7 nitrogen and oxygen atoms in total. The Bertz CT molecular complexity index is 664. The molecule has 0 aliphatic carbocycles. The molecule has 0 aliphatic heterocycles. The van der Waals surface area contributed by atoms with Crippen LogP contribution in [0.4, 0.5) is 5.13 Å². The number of benzene rings is 1. The Kier molecular flexibility index (Phi) is 5.67. The molecule has 0 aliphatic rings. The zero-order valence-corrected chi connectivity index (χ0v) is 13.6. The summed E-state index contributed by atoms with van der Waals surface area (Å²) < 4.78 is 1.20. The first-order valence-electron chi connectivity index (χ1n) is 5.55. The number of carbonyl (C=O) groups is 2. The molecule has 110 valence electrons. The number of halogens is 1. The SMILES string of the molecule is O=C(CSc1nnc(NC(=O)c2ccccc2Br)s1)NO. The highest BCUT2D eigenvalue weighted by Gasteiger charge is 2.13. The fourth-order valence-electron chi connectivity index (χ4n) is 1.29. The van der Waals surface area contributed by atoms with Crippen LogP contribution in [0.3, 0.4) is 0 Å². The maximum atomic E-state index is 12.1. The van der Waals surface area contributed by atoms with Crippen LogP contribution in [0, 0.1) is 0 Å². The molecule has 2 aromatic rings. The van der Waals surface area contributed by atoms with Crippen molar-refractivity contribution in [2.75, 3.05) is 11.1 Å². The molecule has 1 aromatic heterocycles. The predicted octanol–water partition coefficient (Wildman–Crippen LogP) is 2.15. The molecule has 0 atom stereocenters. The second-order valence-electron chi connectivity index (χ2n) is 3.63. The molecule has 1 heterocycles. The average molecular weight is 389 g/mol. The number of nitrogens with zero attached hydrogens (tertiary/aromatic N) is 2. The molecule has 0 bridgehead atoms. The molecule has 21 heavy (non-hydrogen) atoms. The fourth-order valence-corrected chi connectivity index (χ4v) is 3.29. The Morgan fingerprint density at radius 3 is 2.81 bits per heavy atom. The zero-order chi connectivity index (χ0) is 15.2. The first-order valence-corrected chi connectivity index (χ1v) is 8.15. The second-order valence-corrected chi connectivity index (χ2v) is 6.69. The Morgan fingerprint density at radius 2 is 2.10 bits per heavy atom. The number of aromatic nitrogens is 2. The van der Waals surface area contributed by atoms with E-state index in [1.54, 1.807) is 18.2 Å². The summed E-state index contributed by atoms with van der Waals surface area (Å²) in [7, 11) is 0. The topological polar surface area (TPSA) is 104 Å². The summed E-state index contributed by atoms with van der Waals surface area (Å²) in [5.41, 5.74) is 2.01. The highest BCUT2D eigenvalue weighted by Crippen LogP contribution is 2.26. The summed E-state index contributed by atoms with van der Waals surface area (Å²) in [4.78, 5) is 22.9. The molecule has 0 saturated heterocycles. The standard InChI is InChI=1S/C11H9BrN4O3S2/c12-7-4-2-1-3-6(7)9(18)13-10-14-15-11(21-10)20-5-8(17)16-19/h1-4,19H,5H2,(H,16,17)(H,13,14,18). The van der Waals surface area contributed by atoms with Gasteiger partial charge in [-0.05, 0) is 28.1 Å². The fraction of sp³-hybridized carbons (Fsp3) is 0.0909. The van der Waals surface area contributed by atoms with E-state index < -0.39 is 5.91 Å². The van der Waals surface area contributed by atoms with Gasteiger partial charge in [-0.3, -0.25) is 20.1 Å². The first kappa shape index (κ1) is 15.9. The Balaban J connectivity index is 1.98. The van der Waals surface area contributed by atoms with Gasteiger partial charge in [0.25, 0.3) is 11.8 Å². The van der Waals surface area contributed by atoms with E-state index >= 15 is 0 Å².